The van der Waals surface area contributed by atoms with Crippen LogP contribution in [0.1, 0.15) is 27.7 Å². The average molecular weight is 408 g/mol. The van der Waals surface area contributed by atoms with E-state index in [0.29, 0.717) is 0 Å². The van der Waals surface area contributed by atoms with Crippen LogP contribution >= 0.6 is 0 Å². The van der Waals surface area contributed by atoms with Crippen molar-refractivity contribution in [1.29, 1.82) is 0 Å². The highest BCUT2D eigenvalue weighted by atomic mass is 16.7. The average Bonchev–Trinajstić information content (AvgIpc) is 3.00. The van der Waals surface area contributed by atoms with E-state index in [1.165, 1.54) is 0 Å². The predicted octanol–water partition coefficient (Wildman–Crippen LogP) is 5.26. The lowest BCUT2D eigenvalue weighted by atomic mass is 9.84. The van der Waals surface area contributed by atoms with Crippen molar-refractivity contribution >= 4 is 23.6 Å². The summed E-state index contributed by atoms with van der Waals surface area (Å²) in [7, 11) is -0.501. The second kappa shape index (κ2) is 7.29. The van der Waals surface area contributed by atoms with Crippen LogP contribution in [0.2, 0.25) is 0 Å². The molecule has 0 spiro atoms. The summed E-state index contributed by atoms with van der Waals surface area (Å²) in [5.41, 5.74) is 4.82. The third kappa shape index (κ3) is 3.54. The zero-order valence-electron chi connectivity index (χ0n) is 18.3. The Morgan fingerprint density at radius 1 is 0.677 bits per heavy atom. The van der Waals surface area contributed by atoms with Crippen LogP contribution in [0, 0.1) is 0 Å². The van der Waals surface area contributed by atoms with Crippen molar-refractivity contribution in [2.75, 3.05) is 0 Å². The molecule has 0 aliphatic carbocycles. The van der Waals surface area contributed by atoms with E-state index in [-0.39, 0.29) is 0 Å². The van der Waals surface area contributed by atoms with Gasteiger partial charge in [-0.15, -0.1) is 0 Å². The first-order valence-electron chi connectivity index (χ1n) is 10.6. The number of nitrogens with zero attached hydrogens (tertiary/aromatic N) is 2. The first kappa shape index (κ1) is 19.9. The molecule has 0 radical (unpaired) electrons. The molecule has 1 aliphatic rings. The molecule has 1 aliphatic heterocycles. The zero-order chi connectivity index (χ0) is 21.6. The summed E-state index contributed by atoms with van der Waals surface area (Å²) in [4.78, 5) is 9.80. The van der Waals surface area contributed by atoms with Crippen molar-refractivity contribution in [3.05, 3.63) is 78.9 Å². The Balaban J connectivity index is 1.60. The second-order valence-corrected chi connectivity index (χ2v) is 8.97. The molecule has 0 atom stereocenters. The SMILES string of the molecule is CC1(C)OB(c2cccc(-c3cc(-c4ccccc4)c4ccccc4n3)n2)OC1(C)C. The molecule has 0 amide bonds. The summed E-state index contributed by atoms with van der Waals surface area (Å²) in [5.74, 6) is 0. The molecule has 4 nitrogen and oxygen atoms in total. The van der Waals surface area contributed by atoms with E-state index in [4.69, 9.17) is 19.3 Å². The van der Waals surface area contributed by atoms with Gasteiger partial charge in [-0.2, -0.15) is 0 Å². The number of rotatable bonds is 3. The van der Waals surface area contributed by atoms with Gasteiger partial charge in [0.1, 0.15) is 0 Å². The van der Waals surface area contributed by atoms with Gasteiger partial charge in [0.25, 0.3) is 0 Å². The third-order valence-electron chi connectivity index (χ3n) is 6.33. The van der Waals surface area contributed by atoms with Crippen LogP contribution in [0.25, 0.3) is 33.4 Å². The Kier molecular flexibility index (Phi) is 4.69. The Bertz CT molecular complexity index is 1240. The number of aromatic nitrogens is 2. The summed E-state index contributed by atoms with van der Waals surface area (Å²) >= 11 is 0. The highest BCUT2D eigenvalue weighted by molar-refractivity contribution is 6.61. The number of benzene rings is 2. The summed E-state index contributed by atoms with van der Waals surface area (Å²) in [5, 5.41) is 1.12. The highest BCUT2D eigenvalue weighted by Gasteiger charge is 2.52. The van der Waals surface area contributed by atoms with Gasteiger partial charge in [0.05, 0.1) is 33.7 Å². The van der Waals surface area contributed by atoms with Crippen molar-refractivity contribution in [3.63, 3.8) is 0 Å². The summed E-state index contributed by atoms with van der Waals surface area (Å²) in [6.45, 7) is 8.20. The van der Waals surface area contributed by atoms with Crippen LogP contribution < -0.4 is 5.59 Å². The van der Waals surface area contributed by atoms with Gasteiger partial charge in [-0.05, 0) is 63.1 Å². The zero-order valence-corrected chi connectivity index (χ0v) is 18.3. The van der Waals surface area contributed by atoms with Gasteiger partial charge < -0.3 is 9.31 Å². The molecule has 0 N–H and O–H groups in total. The molecule has 2 aromatic carbocycles. The van der Waals surface area contributed by atoms with Crippen molar-refractivity contribution < 1.29 is 9.31 Å². The van der Waals surface area contributed by atoms with Crippen LogP contribution in [0.4, 0.5) is 0 Å². The molecular formula is C26H25BN2O2. The van der Waals surface area contributed by atoms with Crippen LogP contribution in [0.3, 0.4) is 0 Å². The van der Waals surface area contributed by atoms with Crippen LogP contribution in [-0.2, 0) is 9.31 Å². The van der Waals surface area contributed by atoms with Crippen LogP contribution in [-0.4, -0.2) is 28.3 Å². The minimum Gasteiger partial charge on any atom is -0.398 e. The summed E-state index contributed by atoms with van der Waals surface area (Å²) < 4.78 is 12.4. The number of pyridine rings is 2. The molecule has 2 aromatic heterocycles. The first-order chi connectivity index (χ1) is 14.8. The standard InChI is InChI=1S/C26H25BN2O2/c1-25(2)26(3,4)31-27(30-25)24-16-10-15-22(29-24)23-17-20(18-11-6-5-7-12-18)19-13-8-9-14-21(19)28-23/h5-17H,1-4H3. The maximum absolute atomic E-state index is 6.20. The molecule has 0 bridgehead atoms. The number of hydrogen-bond donors (Lipinski definition) is 0. The molecule has 0 unspecified atom stereocenters. The van der Waals surface area contributed by atoms with E-state index in [1.54, 1.807) is 0 Å². The fraction of sp³-hybridized carbons (Fsp3) is 0.231. The van der Waals surface area contributed by atoms with Gasteiger partial charge in [-0.3, -0.25) is 4.98 Å². The van der Waals surface area contributed by atoms with Crippen molar-refractivity contribution in [2.24, 2.45) is 0 Å². The van der Waals surface area contributed by atoms with Gasteiger partial charge in [-0.25, -0.2) is 4.98 Å². The minimum atomic E-state index is -0.501. The Morgan fingerprint density at radius 3 is 2.10 bits per heavy atom. The van der Waals surface area contributed by atoms with E-state index in [0.717, 1.165) is 39.0 Å². The van der Waals surface area contributed by atoms with Crippen LogP contribution in [0.5, 0.6) is 0 Å². The van der Waals surface area contributed by atoms with Crippen LogP contribution in [0.15, 0.2) is 78.9 Å². The number of hydrogen-bond acceptors (Lipinski definition) is 4. The van der Waals surface area contributed by atoms with E-state index in [1.807, 2.05) is 70.2 Å². The quantitative estimate of drug-likeness (QED) is 0.434. The Hall–Kier alpha value is -3.02. The maximum atomic E-state index is 6.20. The lowest BCUT2D eigenvalue weighted by molar-refractivity contribution is 0.00578. The minimum absolute atomic E-state index is 0.406. The van der Waals surface area contributed by atoms with E-state index >= 15 is 0 Å². The molecule has 1 fully saturated rings. The summed E-state index contributed by atoms with van der Waals surface area (Å²) in [6.07, 6.45) is 0. The van der Waals surface area contributed by atoms with E-state index in [2.05, 4.69) is 36.4 Å². The van der Waals surface area contributed by atoms with E-state index in [9.17, 15) is 0 Å². The molecule has 0 saturated carbocycles. The van der Waals surface area contributed by atoms with Gasteiger partial charge >= 0.3 is 7.12 Å². The van der Waals surface area contributed by atoms with E-state index < -0.39 is 18.3 Å². The molecule has 154 valence electrons. The summed E-state index contributed by atoms with van der Waals surface area (Å²) in [6, 6.07) is 26.7. The fourth-order valence-electron chi connectivity index (χ4n) is 3.85. The molecule has 3 heterocycles. The Labute approximate surface area is 183 Å². The monoisotopic (exact) mass is 408 g/mol. The lowest BCUT2D eigenvalue weighted by Gasteiger charge is -2.32. The molecule has 1 saturated heterocycles. The lowest BCUT2D eigenvalue weighted by Crippen LogP contribution is -2.41. The molecule has 4 aromatic rings. The van der Waals surface area contributed by atoms with Gasteiger partial charge in [-0.1, -0.05) is 54.6 Å². The molecular weight excluding hydrogens is 383 g/mol. The molecule has 5 rings (SSSR count). The maximum Gasteiger partial charge on any atom is 0.514 e. The smallest absolute Gasteiger partial charge is 0.398 e. The predicted molar refractivity (Wildman–Crippen MR) is 126 cm³/mol. The largest absolute Gasteiger partial charge is 0.514 e. The van der Waals surface area contributed by atoms with Crippen molar-refractivity contribution in [3.8, 4) is 22.5 Å². The van der Waals surface area contributed by atoms with Gasteiger partial charge in [0, 0.05) is 5.39 Å². The fourth-order valence-corrected chi connectivity index (χ4v) is 3.85. The second-order valence-electron chi connectivity index (χ2n) is 8.97. The molecule has 31 heavy (non-hydrogen) atoms. The number of para-hydroxylation sites is 1. The van der Waals surface area contributed by atoms with Gasteiger partial charge in [0.2, 0.25) is 0 Å². The van der Waals surface area contributed by atoms with Crippen molar-refractivity contribution in [2.45, 2.75) is 38.9 Å². The highest BCUT2D eigenvalue weighted by Crippen LogP contribution is 2.36. The topological polar surface area (TPSA) is 44.2 Å². The van der Waals surface area contributed by atoms with Gasteiger partial charge in [0.15, 0.2) is 0 Å². The first-order valence-corrected chi connectivity index (χ1v) is 10.6. The third-order valence-corrected chi connectivity index (χ3v) is 6.33. The normalized spacial score (nSPS) is 17.2. The molecule has 5 heteroatoms. The number of fused-ring (bicyclic) bond motifs is 1. The van der Waals surface area contributed by atoms with Crippen molar-refractivity contribution in [1.82, 2.24) is 9.97 Å². The Morgan fingerprint density at radius 2 is 1.35 bits per heavy atom.